The minimum atomic E-state index is -3.70. The van der Waals surface area contributed by atoms with Gasteiger partial charge in [0, 0.05) is 44.0 Å². The summed E-state index contributed by atoms with van der Waals surface area (Å²) in [5.74, 6) is 1.32. The zero-order valence-corrected chi connectivity index (χ0v) is 17.3. The first-order valence-corrected chi connectivity index (χ1v) is 11.1. The lowest BCUT2D eigenvalue weighted by Gasteiger charge is -2.31. The van der Waals surface area contributed by atoms with Crippen LogP contribution in [0.3, 0.4) is 0 Å². The van der Waals surface area contributed by atoms with Crippen molar-refractivity contribution < 1.29 is 12.9 Å². The van der Waals surface area contributed by atoms with Crippen LogP contribution < -0.4 is 0 Å². The summed E-state index contributed by atoms with van der Waals surface area (Å²) in [6.07, 6.45) is 7.22. The van der Waals surface area contributed by atoms with E-state index >= 15 is 0 Å². The number of hydrogen-bond donors (Lipinski definition) is 0. The summed E-state index contributed by atoms with van der Waals surface area (Å²) in [7, 11) is -2.03. The molecular formula is C18H19ClN6O3S. The summed E-state index contributed by atoms with van der Waals surface area (Å²) in [6.45, 7) is 0.852. The second kappa shape index (κ2) is 6.61. The molecule has 1 saturated carbocycles. The Balaban J connectivity index is 1.28. The van der Waals surface area contributed by atoms with Crippen molar-refractivity contribution in [3.05, 3.63) is 41.9 Å². The van der Waals surface area contributed by atoms with Gasteiger partial charge in [-0.3, -0.25) is 4.98 Å². The van der Waals surface area contributed by atoms with Crippen LogP contribution >= 0.6 is 11.6 Å². The Morgan fingerprint density at radius 1 is 1.31 bits per heavy atom. The number of pyridine rings is 1. The number of nitrogens with zero attached hydrogens (tertiary/aromatic N) is 6. The third-order valence-corrected chi connectivity index (χ3v) is 8.38. The number of sulfonamides is 1. The van der Waals surface area contributed by atoms with Crippen LogP contribution in [0, 0.1) is 5.41 Å². The van der Waals surface area contributed by atoms with Gasteiger partial charge in [-0.1, -0.05) is 16.8 Å². The van der Waals surface area contributed by atoms with Gasteiger partial charge < -0.3 is 9.09 Å². The van der Waals surface area contributed by atoms with Gasteiger partial charge in [0.05, 0.1) is 6.33 Å². The maximum Gasteiger partial charge on any atom is 0.263 e. The van der Waals surface area contributed by atoms with Crippen LogP contribution in [0.4, 0.5) is 0 Å². The van der Waals surface area contributed by atoms with Crippen molar-refractivity contribution in [3.8, 4) is 11.4 Å². The molecule has 3 aromatic rings. The highest BCUT2D eigenvalue weighted by molar-refractivity contribution is 7.89. The quantitative estimate of drug-likeness (QED) is 0.620. The van der Waals surface area contributed by atoms with Gasteiger partial charge in [-0.25, -0.2) is 13.4 Å². The zero-order chi connectivity index (χ0) is 20.2. The van der Waals surface area contributed by atoms with Crippen molar-refractivity contribution in [3.63, 3.8) is 0 Å². The highest BCUT2D eigenvalue weighted by Gasteiger charge is 2.59. The number of rotatable bonds is 4. The van der Waals surface area contributed by atoms with Crippen molar-refractivity contribution in [1.82, 2.24) is 29.0 Å². The number of hydrogen-bond acceptors (Lipinski definition) is 7. The van der Waals surface area contributed by atoms with Crippen LogP contribution in [0.1, 0.15) is 31.1 Å². The minimum absolute atomic E-state index is 0.0265. The van der Waals surface area contributed by atoms with E-state index in [2.05, 4.69) is 20.1 Å². The minimum Gasteiger partial charge on any atom is -0.339 e. The second-order valence-electron chi connectivity index (χ2n) is 7.67. The predicted molar refractivity (Wildman–Crippen MR) is 104 cm³/mol. The molecule has 9 nitrogen and oxygen atoms in total. The molecule has 1 aliphatic heterocycles. The summed E-state index contributed by atoms with van der Waals surface area (Å²) < 4.78 is 34.2. The SMILES string of the molecule is Cn1cnc(S(=O)(=O)N2CCC3(CC2)CC3c2nc(-c3cccnc3)no2)c1Cl. The molecule has 2 aliphatic rings. The summed E-state index contributed by atoms with van der Waals surface area (Å²) in [4.78, 5) is 12.6. The Labute approximate surface area is 172 Å². The molecule has 0 amide bonds. The first-order valence-electron chi connectivity index (χ1n) is 9.32. The van der Waals surface area contributed by atoms with E-state index in [1.807, 2.05) is 12.1 Å². The normalized spacial score (nSPS) is 21.5. The molecule has 2 fully saturated rings. The van der Waals surface area contributed by atoms with Gasteiger partial charge in [0.25, 0.3) is 10.0 Å². The van der Waals surface area contributed by atoms with E-state index in [9.17, 15) is 8.42 Å². The lowest BCUT2D eigenvalue weighted by atomic mass is 9.92. The molecule has 1 spiro atoms. The van der Waals surface area contributed by atoms with Crippen LogP contribution in [0.2, 0.25) is 5.15 Å². The van der Waals surface area contributed by atoms with E-state index < -0.39 is 10.0 Å². The lowest BCUT2D eigenvalue weighted by Crippen LogP contribution is -2.39. The van der Waals surface area contributed by atoms with E-state index in [1.54, 1.807) is 19.4 Å². The van der Waals surface area contributed by atoms with Gasteiger partial charge in [0.2, 0.25) is 16.7 Å². The van der Waals surface area contributed by atoms with Crippen molar-refractivity contribution in [2.75, 3.05) is 13.1 Å². The van der Waals surface area contributed by atoms with E-state index in [4.69, 9.17) is 16.1 Å². The van der Waals surface area contributed by atoms with Crippen LogP contribution in [0.5, 0.6) is 0 Å². The van der Waals surface area contributed by atoms with Crippen LogP contribution in [0.15, 0.2) is 40.4 Å². The molecule has 4 heterocycles. The molecule has 1 aliphatic carbocycles. The number of piperidine rings is 1. The van der Waals surface area contributed by atoms with Crippen LogP contribution in [-0.2, 0) is 17.1 Å². The molecule has 0 bridgehead atoms. The van der Waals surface area contributed by atoms with Crippen LogP contribution in [-0.4, -0.2) is 50.5 Å². The molecule has 5 rings (SSSR count). The fourth-order valence-electron chi connectivity index (χ4n) is 4.10. The molecule has 1 unspecified atom stereocenters. The Morgan fingerprint density at radius 3 is 2.76 bits per heavy atom. The maximum absolute atomic E-state index is 12.9. The average Bonchev–Trinajstić information content (AvgIpc) is 3.05. The first kappa shape index (κ1) is 18.7. The van der Waals surface area contributed by atoms with E-state index in [0.29, 0.717) is 24.8 Å². The molecule has 1 atom stereocenters. The van der Waals surface area contributed by atoms with E-state index in [0.717, 1.165) is 24.8 Å². The summed E-state index contributed by atoms with van der Waals surface area (Å²) in [5.41, 5.74) is 0.837. The Bertz CT molecular complexity index is 1150. The second-order valence-corrected chi connectivity index (χ2v) is 9.88. The van der Waals surface area contributed by atoms with Crippen molar-refractivity contribution in [2.24, 2.45) is 12.5 Å². The standard InChI is InChI=1S/C18H19ClN6O3S/c1-24-11-21-17(14(24)19)29(26,27)25-7-4-18(5-8-25)9-13(18)16-22-15(23-28-16)12-3-2-6-20-10-12/h2-3,6,10-11,13H,4-5,7-9H2,1H3. The lowest BCUT2D eigenvalue weighted by molar-refractivity contribution is 0.242. The molecule has 0 aromatic carbocycles. The average molecular weight is 435 g/mol. The third-order valence-electron chi connectivity index (χ3n) is 5.99. The zero-order valence-electron chi connectivity index (χ0n) is 15.7. The number of halogens is 1. The molecular weight excluding hydrogens is 416 g/mol. The molecule has 11 heteroatoms. The summed E-state index contributed by atoms with van der Waals surface area (Å²) in [5, 5.41) is 4.12. The number of aryl methyl sites for hydroxylation is 1. The van der Waals surface area contributed by atoms with Gasteiger partial charge in [-0.05, 0) is 36.8 Å². The highest BCUT2D eigenvalue weighted by Crippen LogP contribution is 2.64. The van der Waals surface area contributed by atoms with Gasteiger partial charge in [0.1, 0.15) is 5.15 Å². The smallest absolute Gasteiger partial charge is 0.263 e. The molecule has 1 saturated heterocycles. The molecule has 3 aromatic heterocycles. The summed E-state index contributed by atoms with van der Waals surface area (Å²) in [6, 6.07) is 3.71. The third kappa shape index (κ3) is 3.06. The Hall–Kier alpha value is -2.30. The van der Waals surface area contributed by atoms with Crippen molar-refractivity contribution in [1.29, 1.82) is 0 Å². The van der Waals surface area contributed by atoms with Gasteiger partial charge in [-0.2, -0.15) is 9.29 Å². The van der Waals surface area contributed by atoms with Crippen molar-refractivity contribution >= 4 is 21.6 Å². The monoisotopic (exact) mass is 434 g/mol. The Morgan fingerprint density at radius 2 is 2.10 bits per heavy atom. The fraction of sp³-hybridized carbons (Fsp3) is 0.444. The van der Waals surface area contributed by atoms with Gasteiger partial charge >= 0.3 is 0 Å². The largest absolute Gasteiger partial charge is 0.339 e. The molecule has 29 heavy (non-hydrogen) atoms. The van der Waals surface area contributed by atoms with Crippen LogP contribution in [0.25, 0.3) is 11.4 Å². The van der Waals surface area contributed by atoms with E-state index in [1.165, 1.54) is 15.2 Å². The van der Waals surface area contributed by atoms with Crippen molar-refractivity contribution in [2.45, 2.75) is 30.2 Å². The topological polar surface area (TPSA) is 107 Å². The first-order chi connectivity index (χ1) is 13.9. The maximum atomic E-state index is 12.9. The number of imidazole rings is 1. The molecule has 0 N–H and O–H groups in total. The van der Waals surface area contributed by atoms with Gasteiger partial charge in [-0.15, -0.1) is 0 Å². The molecule has 0 radical (unpaired) electrons. The fourth-order valence-corrected chi connectivity index (χ4v) is 5.93. The van der Waals surface area contributed by atoms with Gasteiger partial charge in [0.15, 0.2) is 0 Å². The Kier molecular flexibility index (Phi) is 4.27. The molecule has 152 valence electrons. The summed E-state index contributed by atoms with van der Waals surface area (Å²) >= 11 is 6.10. The van der Waals surface area contributed by atoms with E-state index in [-0.39, 0.29) is 21.5 Å². The highest BCUT2D eigenvalue weighted by atomic mass is 35.5. The predicted octanol–water partition coefficient (Wildman–Crippen LogP) is 2.48. The number of aromatic nitrogens is 5.